The van der Waals surface area contributed by atoms with Crippen LogP contribution in [0.25, 0.3) is 0 Å². The molecule has 1 N–H and O–H groups in total. The number of hydrogen-bond donors (Lipinski definition) is 1. The first kappa shape index (κ1) is 20.4. The van der Waals surface area contributed by atoms with Gasteiger partial charge in [-0.2, -0.15) is 0 Å². The maximum Gasteiger partial charge on any atom is 0.112 e. The second-order valence-electron chi connectivity index (χ2n) is 8.50. The van der Waals surface area contributed by atoms with Crippen molar-refractivity contribution < 1.29 is 5.11 Å². The number of hydrogen-bond acceptors (Lipinski definition) is 2. The minimum Gasteiger partial charge on any atom is -0.383 e. The number of aliphatic hydroxyl groups is 1. The molecule has 158 valence electrons. The second-order valence-corrected chi connectivity index (χ2v) is 8.50. The maximum atomic E-state index is 12.8. The summed E-state index contributed by atoms with van der Waals surface area (Å²) in [6, 6.07) is 41.2. The van der Waals surface area contributed by atoms with Gasteiger partial charge in [-0.25, -0.2) is 0 Å². The Kier molecular flexibility index (Phi) is 5.24. The van der Waals surface area contributed by atoms with Crippen molar-refractivity contribution >= 4 is 5.71 Å². The van der Waals surface area contributed by atoms with E-state index in [-0.39, 0.29) is 5.92 Å². The third kappa shape index (κ3) is 2.95. The molecule has 2 atom stereocenters. The van der Waals surface area contributed by atoms with Crippen LogP contribution in [-0.2, 0) is 11.0 Å². The van der Waals surface area contributed by atoms with Gasteiger partial charge in [0.1, 0.15) is 5.60 Å². The van der Waals surface area contributed by atoms with Gasteiger partial charge in [0.25, 0.3) is 0 Å². The highest BCUT2D eigenvalue weighted by atomic mass is 16.3. The van der Waals surface area contributed by atoms with E-state index in [1.165, 1.54) is 0 Å². The van der Waals surface area contributed by atoms with Gasteiger partial charge in [-0.3, -0.25) is 4.99 Å². The van der Waals surface area contributed by atoms with Crippen LogP contribution in [-0.4, -0.2) is 17.9 Å². The molecule has 32 heavy (non-hydrogen) atoms. The maximum absolute atomic E-state index is 12.8. The largest absolute Gasteiger partial charge is 0.383 e. The predicted octanol–water partition coefficient (Wildman–Crippen LogP) is 6.00. The quantitative estimate of drug-likeness (QED) is 0.397. The van der Waals surface area contributed by atoms with Gasteiger partial charge in [0.2, 0.25) is 0 Å². The first-order valence-corrected chi connectivity index (χ1v) is 11.1. The molecule has 0 bridgehead atoms. The standard InChI is InChI=1S/C30H27NO/c1-31-28(23-14-6-2-7-15-23)27-22-29(24-16-8-3-9-17-24,25-18-10-4-11-19-25)30(27,32)26-20-12-5-13-21-26/h2-21,27,32H,22H2,1H3/t27-,30+/m0/s1. The molecule has 2 heteroatoms. The zero-order chi connectivity index (χ0) is 22.0. The topological polar surface area (TPSA) is 32.6 Å². The lowest BCUT2D eigenvalue weighted by Crippen LogP contribution is -2.67. The molecule has 5 rings (SSSR count). The zero-order valence-corrected chi connectivity index (χ0v) is 18.2. The van der Waals surface area contributed by atoms with Crippen LogP contribution >= 0.6 is 0 Å². The van der Waals surface area contributed by atoms with Crippen molar-refractivity contribution in [2.75, 3.05) is 7.05 Å². The molecule has 0 radical (unpaired) electrons. The average Bonchev–Trinajstić information content (AvgIpc) is 2.88. The van der Waals surface area contributed by atoms with Crippen LogP contribution in [0.4, 0.5) is 0 Å². The SMILES string of the molecule is CN=C(c1ccccc1)[C@@H]1CC(c2ccccc2)(c2ccccc2)[C@@]1(O)c1ccccc1. The Labute approximate surface area is 189 Å². The summed E-state index contributed by atoms with van der Waals surface area (Å²) in [7, 11) is 1.83. The van der Waals surface area contributed by atoms with Crippen LogP contribution in [0.3, 0.4) is 0 Å². The Hall–Kier alpha value is -3.49. The summed E-state index contributed by atoms with van der Waals surface area (Å²) in [6.45, 7) is 0. The minimum atomic E-state index is -1.15. The molecule has 0 spiro atoms. The van der Waals surface area contributed by atoms with Crippen molar-refractivity contribution in [3.05, 3.63) is 144 Å². The second kappa shape index (κ2) is 8.22. The predicted molar refractivity (Wildman–Crippen MR) is 131 cm³/mol. The molecule has 1 saturated carbocycles. The van der Waals surface area contributed by atoms with E-state index >= 15 is 0 Å². The Morgan fingerprint density at radius 2 is 1.06 bits per heavy atom. The lowest BCUT2D eigenvalue weighted by Gasteiger charge is -2.62. The van der Waals surface area contributed by atoms with Gasteiger partial charge in [-0.1, -0.05) is 121 Å². The first-order valence-electron chi connectivity index (χ1n) is 11.1. The van der Waals surface area contributed by atoms with E-state index in [4.69, 9.17) is 4.99 Å². The van der Waals surface area contributed by atoms with Gasteiger partial charge in [-0.05, 0) is 28.7 Å². The molecule has 1 fully saturated rings. The third-order valence-corrected chi connectivity index (χ3v) is 7.05. The van der Waals surface area contributed by atoms with E-state index in [2.05, 4.69) is 60.7 Å². The van der Waals surface area contributed by atoms with Gasteiger partial charge in [-0.15, -0.1) is 0 Å². The molecular formula is C30H27NO. The summed E-state index contributed by atoms with van der Waals surface area (Å²) in [5, 5.41) is 12.8. The van der Waals surface area contributed by atoms with Gasteiger partial charge < -0.3 is 5.11 Å². The molecule has 0 saturated heterocycles. The van der Waals surface area contributed by atoms with E-state index in [9.17, 15) is 5.11 Å². The summed E-state index contributed by atoms with van der Waals surface area (Å²) >= 11 is 0. The Morgan fingerprint density at radius 1 is 0.656 bits per heavy atom. The number of rotatable bonds is 5. The molecule has 1 aliphatic carbocycles. The molecule has 0 aromatic heterocycles. The monoisotopic (exact) mass is 417 g/mol. The lowest BCUT2D eigenvalue weighted by molar-refractivity contribution is -0.138. The van der Waals surface area contributed by atoms with Gasteiger partial charge in [0, 0.05) is 18.7 Å². The summed E-state index contributed by atoms with van der Waals surface area (Å²) in [4.78, 5) is 4.71. The fraction of sp³-hybridized carbons (Fsp3) is 0.167. The summed E-state index contributed by atoms with van der Waals surface area (Å²) in [6.07, 6.45) is 0.772. The Balaban J connectivity index is 1.77. The smallest absolute Gasteiger partial charge is 0.112 e. The normalized spacial score (nSPS) is 22.2. The summed E-state index contributed by atoms with van der Waals surface area (Å²) in [5.74, 6) is -0.141. The van der Waals surface area contributed by atoms with Crippen LogP contribution in [0.1, 0.15) is 28.7 Å². The van der Waals surface area contributed by atoms with E-state index in [1.54, 1.807) is 0 Å². The zero-order valence-electron chi connectivity index (χ0n) is 18.2. The lowest BCUT2D eigenvalue weighted by atomic mass is 9.42. The fourth-order valence-corrected chi connectivity index (χ4v) is 5.59. The van der Waals surface area contributed by atoms with Crippen molar-refractivity contribution in [1.29, 1.82) is 0 Å². The minimum absolute atomic E-state index is 0.141. The van der Waals surface area contributed by atoms with Crippen LogP contribution in [0.2, 0.25) is 0 Å². The molecule has 2 nitrogen and oxygen atoms in total. The van der Waals surface area contributed by atoms with Crippen LogP contribution in [0, 0.1) is 5.92 Å². The van der Waals surface area contributed by atoms with Crippen LogP contribution in [0.5, 0.6) is 0 Å². The highest BCUT2D eigenvalue weighted by Crippen LogP contribution is 2.65. The van der Waals surface area contributed by atoms with Crippen molar-refractivity contribution in [3.63, 3.8) is 0 Å². The van der Waals surface area contributed by atoms with Crippen molar-refractivity contribution in [3.8, 4) is 0 Å². The van der Waals surface area contributed by atoms with Gasteiger partial charge in [0.15, 0.2) is 0 Å². The van der Waals surface area contributed by atoms with E-state index in [0.29, 0.717) is 0 Å². The van der Waals surface area contributed by atoms with Crippen molar-refractivity contribution in [2.24, 2.45) is 10.9 Å². The molecule has 0 aliphatic heterocycles. The molecule has 4 aromatic rings. The van der Waals surface area contributed by atoms with Crippen LogP contribution in [0.15, 0.2) is 126 Å². The van der Waals surface area contributed by atoms with Gasteiger partial charge >= 0.3 is 0 Å². The van der Waals surface area contributed by atoms with E-state index in [0.717, 1.165) is 34.4 Å². The highest BCUT2D eigenvalue weighted by molar-refractivity contribution is 6.04. The number of benzene rings is 4. The molecule has 4 aromatic carbocycles. The fourth-order valence-electron chi connectivity index (χ4n) is 5.59. The molecule has 1 aliphatic rings. The van der Waals surface area contributed by atoms with E-state index < -0.39 is 11.0 Å². The molecule has 0 heterocycles. The third-order valence-electron chi connectivity index (χ3n) is 7.05. The highest BCUT2D eigenvalue weighted by Gasteiger charge is 2.68. The molecule has 0 amide bonds. The first-order chi connectivity index (χ1) is 15.7. The average molecular weight is 418 g/mol. The van der Waals surface area contributed by atoms with Crippen molar-refractivity contribution in [2.45, 2.75) is 17.4 Å². The van der Waals surface area contributed by atoms with Gasteiger partial charge in [0.05, 0.1) is 5.41 Å². The van der Waals surface area contributed by atoms with Crippen LogP contribution < -0.4 is 0 Å². The Bertz CT molecular complexity index is 1160. The molecular weight excluding hydrogens is 390 g/mol. The van der Waals surface area contributed by atoms with Crippen molar-refractivity contribution in [1.82, 2.24) is 0 Å². The number of aliphatic imine (C=N–C) groups is 1. The molecule has 0 unspecified atom stereocenters. The Morgan fingerprint density at radius 3 is 1.50 bits per heavy atom. The van der Waals surface area contributed by atoms with E-state index in [1.807, 2.05) is 67.7 Å². The number of nitrogens with zero attached hydrogens (tertiary/aromatic N) is 1. The summed E-state index contributed by atoms with van der Waals surface area (Å²) in [5.41, 5.74) is 3.44. The summed E-state index contributed by atoms with van der Waals surface area (Å²) < 4.78 is 0.